The van der Waals surface area contributed by atoms with Gasteiger partial charge in [-0.25, -0.2) is 18.4 Å². The minimum absolute atomic E-state index is 0.0588. The summed E-state index contributed by atoms with van der Waals surface area (Å²) >= 11 is 0. The molecule has 1 heterocycles. The second kappa shape index (κ2) is 5.57. The average Bonchev–Trinajstić information content (AvgIpc) is 3.02. The number of nitrogens with two attached hydrogens (primary N) is 1. The van der Waals surface area contributed by atoms with Gasteiger partial charge in [0.15, 0.2) is 0 Å². The summed E-state index contributed by atoms with van der Waals surface area (Å²) in [7, 11) is -3.82. The zero-order chi connectivity index (χ0) is 14.9. The Morgan fingerprint density at radius 3 is 2.65 bits per heavy atom. The zero-order valence-electron chi connectivity index (χ0n) is 11.7. The fourth-order valence-electron chi connectivity index (χ4n) is 2.00. The fourth-order valence-corrected chi connectivity index (χ4v) is 2.54. The molecular formula is C13H20N2O4S. The Hall–Kier alpha value is -1.34. The van der Waals surface area contributed by atoms with E-state index >= 15 is 0 Å². The molecule has 1 aliphatic carbocycles. The number of sulfonamides is 1. The van der Waals surface area contributed by atoms with Crippen molar-refractivity contribution in [3.8, 4) is 0 Å². The Kier molecular flexibility index (Phi) is 4.19. The quantitative estimate of drug-likeness (QED) is 0.809. The highest BCUT2D eigenvalue weighted by Gasteiger charge is 2.24. The largest absolute Gasteiger partial charge is 0.461 e. The summed E-state index contributed by atoms with van der Waals surface area (Å²) in [4.78, 5) is 12.0. The lowest BCUT2D eigenvalue weighted by atomic mass is 10.3. The first-order valence-electron chi connectivity index (χ1n) is 6.71. The van der Waals surface area contributed by atoms with Gasteiger partial charge in [0.2, 0.25) is 10.0 Å². The van der Waals surface area contributed by atoms with E-state index in [1.165, 1.54) is 25.1 Å². The van der Waals surface area contributed by atoms with Crippen molar-refractivity contribution in [1.82, 2.24) is 4.57 Å². The topological polar surface area (TPSA) is 91.4 Å². The van der Waals surface area contributed by atoms with E-state index in [4.69, 9.17) is 9.88 Å². The third-order valence-corrected chi connectivity index (χ3v) is 4.25. The Balaban J connectivity index is 2.15. The number of aromatic nitrogens is 1. The number of ether oxygens (including phenoxy) is 1. The molecule has 0 bridgehead atoms. The van der Waals surface area contributed by atoms with Crippen LogP contribution in [0.15, 0.2) is 17.2 Å². The summed E-state index contributed by atoms with van der Waals surface area (Å²) in [5.41, 5.74) is 0.222. The van der Waals surface area contributed by atoms with Crippen LogP contribution in [0.25, 0.3) is 0 Å². The number of hydrogen-bond acceptors (Lipinski definition) is 4. The number of primary sulfonamides is 1. The molecule has 0 radical (unpaired) electrons. The normalized spacial score (nSPS) is 15.6. The lowest BCUT2D eigenvalue weighted by Gasteiger charge is -2.12. The van der Waals surface area contributed by atoms with Crippen LogP contribution in [0.1, 0.15) is 49.6 Å². The minimum Gasteiger partial charge on any atom is -0.461 e. The minimum atomic E-state index is -3.82. The first-order valence-corrected chi connectivity index (χ1v) is 8.25. The molecule has 0 unspecified atom stereocenters. The van der Waals surface area contributed by atoms with E-state index in [0.29, 0.717) is 12.5 Å². The van der Waals surface area contributed by atoms with Crippen LogP contribution in [0.2, 0.25) is 0 Å². The van der Waals surface area contributed by atoms with Crippen LogP contribution in [0.5, 0.6) is 0 Å². The van der Waals surface area contributed by atoms with E-state index in [1.54, 1.807) is 4.57 Å². The van der Waals surface area contributed by atoms with Crippen LogP contribution >= 0.6 is 0 Å². The van der Waals surface area contributed by atoms with E-state index in [2.05, 4.69) is 0 Å². The van der Waals surface area contributed by atoms with E-state index in [1.807, 2.05) is 13.8 Å². The van der Waals surface area contributed by atoms with Crippen LogP contribution in [0.4, 0.5) is 0 Å². The van der Waals surface area contributed by atoms with E-state index < -0.39 is 16.0 Å². The fraction of sp³-hybridized carbons (Fsp3) is 0.615. The summed E-state index contributed by atoms with van der Waals surface area (Å²) < 4.78 is 29.5. The molecule has 112 valence electrons. The SMILES string of the molecule is CC(C)n1cc(S(N)(=O)=O)cc1C(=O)OCCC1CC1. The van der Waals surface area contributed by atoms with Crippen molar-refractivity contribution in [3.05, 3.63) is 18.0 Å². The molecule has 0 aromatic carbocycles. The molecule has 2 rings (SSSR count). The summed E-state index contributed by atoms with van der Waals surface area (Å²) in [5.74, 6) is 0.175. The molecule has 0 aliphatic heterocycles. The van der Waals surface area contributed by atoms with E-state index in [0.717, 1.165) is 6.42 Å². The lowest BCUT2D eigenvalue weighted by Crippen LogP contribution is -2.14. The van der Waals surface area contributed by atoms with Crippen LogP contribution in [0.3, 0.4) is 0 Å². The number of nitrogens with zero attached hydrogens (tertiary/aromatic N) is 1. The number of rotatable bonds is 6. The van der Waals surface area contributed by atoms with Crippen LogP contribution in [-0.2, 0) is 14.8 Å². The van der Waals surface area contributed by atoms with Crippen molar-refractivity contribution < 1.29 is 17.9 Å². The van der Waals surface area contributed by atoms with Gasteiger partial charge in [-0.3, -0.25) is 0 Å². The predicted octanol–water partition coefficient (Wildman–Crippen LogP) is 1.67. The Morgan fingerprint density at radius 2 is 2.15 bits per heavy atom. The standard InChI is InChI=1S/C13H20N2O4S/c1-9(2)15-8-11(20(14,17)18)7-12(15)13(16)19-6-5-10-3-4-10/h7-10H,3-6H2,1-2H3,(H2,14,17,18). The maximum atomic E-state index is 12.0. The molecule has 20 heavy (non-hydrogen) atoms. The zero-order valence-corrected chi connectivity index (χ0v) is 12.5. The molecular weight excluding hydrogens is 280 g/mol. The van der Waals surface area contributed by atoms with Crippen molar-refractivity contribution in [2.75, 3.05) is 6.61 Å². The second-order valence-corrected chi connectivity index (χ2v) is 7.04. The van der Waals surface area contributed by atoms with E-state index in [-0.39, 0.29) is 16.6 Å². The monoisotopic (exact) mass is 300 g/mol. The van der Waals surface area contributed by atoms with Crippen LogP contribution in [0, 0.1) is 5.92 Å². The van der Waals surface area contributed by atoms with Crippen molar-refractivity contribution in [2.45, 2.75) is 44.0 Å². The molecule has 1 fully saturated rings. The highest BCUT2D eigenvalue weighted by atomic mass is 32.2. The molecule has 0 atom stereocenters. The molecule has 0 spiro atoms. The summed E-state index contributed by atoms with van der Waals surface area (Å²) in [6, 6.07) is 1.21. The summed E-state index contributed by atoms with van der Waals surface area (Å²) in [6.45, 7) is 4.08. The Labute approximate surface area is 119 Å². The molecule has 1 saturated carbocycles. The highest BCUT2D eigenvalue weighted by molar-refractivity contribution is 7.89. The predicted molar refractivity (Wildman–Crippen MR) is 73.8 cm³/mol. The molecule has 1 aromatic rings. The summed E-state index contributed by atoms with van der Waals surface area (Å²) in [6.07, 6.45) is 4.65. The molecule has 1 aliphatic rings. The molecule has 1 aromatic heterocycles. The maximum Gasteiger partial charge on any atom is 0.354 e. The second-order valence-electron chi connectivity index (χ2n) is 5.48. The number of carbonyl (C=O) groups excluding carboxylic acids is 1. The van der Waals surface area contributed by atoms with Crippen LogP contribution < -0.4 is 5.14 Å². The van der Waals surface area contributed by atoms with Gasteiger partial charge >= 0.3 is 5.97 Å². The molecule has 6 nitrogen and oxygen atoms in total. The van der Waals surface area contributed by atoms with Crippen molar-refractivity contribution >= 4 is 16.0 Å². The first kappa shape index (κ1) is 15.1. The van der Waals surface area contributed by atoms with Gasteiger partial charge in [0.05, 0.1) is 6.61 Å². The molecule has 0 amide bonds. The van der Waals surface area contributed by atoms with Crippen molar-refractivity contribution in [2.24, 2.45) is 11.1 Å². The van der Waals surface area contributed by atoms with Gasteiger partial charge in [-0.1, -0.05) is 12.8 Å². The highest BCUT2D eigenvalue weighted by Crippen LogP contribution is 2.32. The maximum absolute atomic E-state index is 12.0. The van der Waals surface area contributed by atoms with Gasteiger partial charge in [-0.2, -0.15) is 0 Å². The van der Waals surface area contributed by atoms with Crippen LogP contribution in [-0.4, -0.2) is 25.6 Å². The first-order chi connectivity index (χ1) is 9.29. The van der Waals surface area contributed by atoms with Gasteiger partial charge in [0, 0.05) is 12.2 Å². The molecule has 0 saturated heterocycles. The van der Waals surface area contributed by atoms with E-state index in [9.17, 15) is 13.2 Å². The number of hydrogen-bond donors (Lipinski definition) is 1. The van der Waals surface area contributed by atoms with Crippen molar-refractivity contribution in [1.29, 1.82) is 0 Å². The number of carbonyl (C=O) groups is 1. The van der Waals surface area contributed by atoms with Gasteiger partial charge in [-0.05, 0) is 32.3 Å². The Morgan fingerprint density at radius 1 is 1.50 bits per heavy atom. The van der Waals surface area contributed by atoms with Crippen molar-refractivity contribution in [3.63, 3.8) is 0 Å². The average molecular weight is 300 g/mol. The smallest absolute Gasteiger partial charge is 0.354 e. The Bertz CT molecular complexity index is 600. The van der Waals surface area contributed by atoms with Gasteiger partial charge in [0.25, 0.3) is 0 Å². The lowest BCUT2D eigenvalue weighted by molar-refractivity contribution is 0.0480. The van der Waals surface area contributed by atoms with Gasteiger partial charge in [-0.15, -0.1) is 0 Å². The third kappa shape index (κ3) is 3.61. The van der Waals surface area contributed by atoms with Gasteiger partial charge in [0.1, 0.15) is 10.6 Å². The summed E-state index contributed by atoms with van der Waals surface area (Å²) in [5, 5.41) is 5.09. The molecule has 2 N–H and O–H groups in total. The third-order valence-electron chi connectivity index (χ3n) is 3.37. The number of esters is 1. The molecule has 7 heteroatoms. The van der Waals surface area contributed by atoms with Gasteiger partial charge < -0.3 is 9.30 Å².